The van der Waals surface area contributed by atoms with Crippen molar-refractivity contribution >= 4 is 34.4 Å². The number of hydrogen-bond acceptors (Lipinski definition) is 6. The molecule has 1 N–H and O–H groups in total. The first-order valence-corrected chi connectivity index (χ1v) is 9.46. The second kappa shape index (κ2) is 8.89. The Morgan fingerprint density at radius 1 is 1.21 bits per heavy atom. The number of carbonyl (C=O) groups is 1. The smallest absolute Gasteiger partial charge is 0.344 e. The van der Waals surface area contributed by atoms with Crippen LogP contribution in [0.2, 0.25) is 5.02 Å². The van der Waals surface area contributed by atoms with Crippen LogP contribution in [0.15, 0.2) is 42.6 Å². The molecule has 0 fully saturated rings. The van der Waals surface area contributed by atoms with Crippen molar-refractivity contribution in [2.75, 3.05) is 18.5 Å². The normalized spacial score (nSPS) is 10.9. The van der Waals surface area contributed by atoms with E-state index in [1.165, 1.54) is 0 Å². The lowest BCUT2D eigenvalue weighted by Crippen LogP contribution is -2.15. The number of esters is 1. The van der Waals surface area contributed by atoms with Gasteiger partial charge >= 0.3 is 5.97 Å². The summed E-state index contributed by atoms with van der Waals surface area (Å²) in [6, 6.07) is 11.4. The fourth-order valence-corrected chi connectivity index (χ4v) is 2.97. The van der Waals surface area contributed by atoms with Gasteiger partial charge in [-0.1, -0.05) is 29.8 Å². The summed E-state index contributed by atoms with van der Waals surface area (Å²) in [6.45, 7) is 5.89. The van der Waals surface area contributed by atoms with Crippen LogP contribution in [0.3, 0.4) is 0 Å². The van der Waals surface area contributed by atoms with Crippen LogP contribution in [0, 0.1) is 0 Å². The summed E-state index contributed by atoms with van der Waals surface area (Å²) in [7, 11) is 0. The largest absolute Gasteiger partial charge is 0.481 e. The van der Waals surface area contributed by atoms with E-state index in [2.05, 4.69) is 15.3 Å². The zero-order valence-corrected chi connectivity index (χ0v) is 16.8. The molecule has 0 unspecified atom stereocenters. The van der Waals surface area contributed by atoms with E-state index in [1.54, 1.807) is 19.2 Å². The summed E-state index contributed by atoms with van der Waals surface area (Å²) in [5, 5.41) is 4.61. The van der Waals surface area contributed by atoms with Gasteiger partial charge in [-0.3, -0.25) is 0 Å². The predicted octanol–water partition coefficient (Wildman–Crippen LogP) is 4.71. The van der Waals surface area contributed by atoms with E-state index in [0.29, 0.717) is 28.8 Å². The molecule has 0 amide bonds. The predicted molar refractivity (Wildman–Crippen MR) is 111 cm³/mol. The van der Waals surface area contributed by atoms with E-state index in [-0.39, 0.29) is 12.6 Å². The highest BCUT2D eigenvalue weighted by Gasteiger charge is 2.15. The number of anilines is 1. The van der Waals surface area contributed by atoms with E-state index in [1.807, 2.05) is 44.2 Å². The Morgan fingerprint density at radius 2 is 2.00 bits per heavy atom. The molecule has 0 atom stereocenters. The third kappa shape index (κ3) is 4.70. The number of fused-ring (bicyclic) bond motifs is 1. The van der Waals surface area contributed by atoms with Crippen molar-refractivity contribution in [2.45, 2.75) is 26.8 Å². The second-order valence-corrected chi connectivity index (χ2v) is 6.88. The molecule has 0 saturated heterocycles. The number of aromatic nitrogens is 2. The Labute approximate surface area is 168 Å². The number of nitrogens with zero attached hydrogens (tertiary/aromatic N) is 2. The lowest BCUT2D eigenvalue weighted by Gasteiger charge is -2.14. The van der Waals surface area contributed by atoms with Crippen LogP contribution in [-0.4, -0.2) is 35.2 Å². The summed E-state index contributed by atoms with van der Waals surface area (Å²) >= 11 is 6.39. The highest BCUT2D eigenvalue weighted by Crippen LogP contribution is 2.37. The molecule has 3 rings (SSSR count). The highest BCUT2D eigenvalue weighted by molar-refractivity contribution is 6.33. The van der Waals surface area contributed by atoms with Crippen molar-refractivity contribution < 1.29 is 14.3 Å². The Kier molecular flexibility index (Phi) is 6.31. The topological polar surface area (TPSA) is 73.3 Å². The lowest BCUT2D eigenvalue weighted by atomic mass is 10.0. The van der Waals surface area contributed by atoms with Crippen LogP contribution in [-0.2, 0) is 9.53 Å². The highest BCUT2D eigenvalue weighted by atomic mass is 35.5. The van der Waals surface area contributed by atoms with Crippen LogP contribution in [0.5, 0.6) is 5.75 Å². The van der Waals surface area contributed by atoms with Crippen molar-refractivity contribution in [3.63, 3.8) is 0 Å². The molecular weight excluding hydrogens is 378 g/mol. The molecule has 0 aliphatic rings. The molecule has 0 aliphatic heterocycles. The molecule has 28 heavy (non-hydrogen) atoms. The van der Waals surface area contributed by atoms with Crippen molar-refractivity contribution in [2.24, 2.45) is 0 Å². The first kappa shape index (κ1) is 19.9. The van der Waals surface area contributed by atoms with E-state index in [0.717, 1.165) is 16.5 Å². The molecule has 2 aromatic carbocycles. The number of carbonyl (C=O) groups excluding carboxylic acids is 1. The summed E-state index contributed by atoms with van der Waals surface area (Å²) in [5.41, 5.74) is 2.26. The summed E-state index contributed by atoms with van der Waals surface area (Å²) < 4.78 is 10.7. The SMILES string of the molecule is CCOC(=O)COc1cc2nc(NC(C)C)ncc2cc1-c1ccccc1Cl. The molecule has 0 spiro atoms. The molecule has 0 bridgehead atoms. The van der Waals surface area contributed by atoms with Crippen LogP contribution in [0.25, 0.3) is 22.0 Å². The van der Waals surface area contributed by atoms with Gasteiger partial charge in [0.15, 0.2) is 6.61 Å². The molecule has 1 aromatic heterocycles. The Hall–Kier alpha value is -2.86. The molecule has 1 heterocycles. The van der Waals surface area contributed by atoms with E-state index < -0.39 is 5.97 Å². The minimum atomic E-state index is -0.433. The van der Waals surface area contributed by atoms with Gasteiger partial charge in [0.25, 0.3) is 0 Å². The van der Waals surface area contributed by atoms with Gasteiger partial charge in [0, 0.05) is 39.8 Å². The molecule has 3 aromatic rings. The number of hydrogen-bond donors (Lipinski definition) is 1. The van der Waals surface area contributed by atoms with E-state index in [4.69, 9.17) is 21.1 Å². The Balaban J connectivity index is 2.06. The Bertz CT molecular complexity index is 992. The molecule has 0 aliphatic carbocycles. The van der Waals surface area contributed by atoms with Gasteiger partial charge in [-0.05, 0) is 32.9 Å². The van der Waals surface area contributed by atoms with Crippen LogP contribution >= 0.6 is 11.6 Å². The van der Waals surface area contributed by atoms with Gasteiger partial charge in [-0.2, -0.15) is 0 Å². The quantitative estimate of drug-likeness (QED) is 0.580. The van der Waals surface area contributed by atoms with Crippen molar-refractivity contribution in [1.82, 2.24) is 9.97 Å². The van der Waals surface area contributed by atoms with Crippen LogP contribution in [0.4, 0.5) is 5.95 Å². The van der Waals surface area contributed by atoms with Crippen molar-refractivity contribution in [1.29, 1.82) is 0 Å². The first-order chi connectivity index (χ1) is 13.5. The van der Waals surface area contributed by atoms with Gasteiger partial charge in [-0.25, -0.2) is 14.8 Å². The summed E-state index contributed by atoms with van der Waals surface area (Å²) in [6.07, 6.45) is 1.75. The monoisotopic (exact) mass is 399 g/mol. The number of ether oxygens (including phenoxy) is 2. The second-order valence-electron chi connectivity index (χ2n) is 6.47. The Morgan fingerprint density at radius 3 is 2.71 bits per heavy atom. The number of halogens is 1. The van der Waals surface area contributed by atoms with Gasteiger partial charge in [0.05, 0.1) is 12.1 Å². The third-order valence-electron chi connectivity index (χ3n) is 3.91. The molecule has 0 saturated carbocycles. The maximum atomic E-state index is 11.8. The van der Waals surface area contributed by atoms with Crippen LogP contribution < -0.4 is 10.1 Å². The van der Waals surface area contributed by atoms with E-state index in [9.17, 15) is 4.79 Å². The maximum absolute atomic E-state index is 11.8. The van der Waals surface area contributed by atoms with Crippen molar-refractivity contribution in [3.8, 4) is 16.9 Å². The first-order valence-electron chi connectivity index (χ1n) is 9.08. The number of benzene rings is 2. The fourth-order valence-electron chi connectivity index (χ4n) is 2.74. The molecule has 0 radical (unpaired) electrons. The number of rotatable bonds is 7. The summed E-state index contributed by atoms with van der Waals surface area (Å²) in [4.78, 5) is 20.7. The van der Waals surface area contributed by atoms with Crippen molar-refractivity contribution in [3.05, 3.63) is 47.6 Å². The third-order valence-corrected chi connectivity index (χ3v) is 4.24. The van der Waals surface area contributed by atoms with Gasteiger partial charge in [0.1, 0.15) is 5.75 Å². The molecule has 7 heteroatoms. The standard InChI is InChI=1S/C21H22ClN3O3/c1-4-27-20(26)12-28-19-10-18-14(11-23-21(25-18)24-13(2)3)9-16(19)15-7-5-6-8-17(15)22/h5-11,13H,4,12H2,1-3H3,(H,23,24,25). The van der Waals surface area contributed by atoms with Gasteiger partial charge in [0.2, 0.25) is 5.95 Å². The fraction of sp³-hybridized carbons (Fsp3) is 0.286. The minimum Gasteiger partial charge on any atom is -0.481 e. The average molecular weight is 400 g/mol. The summed E-state index contributed by atoms with van der Waals surface area (Å²) in [5.74, 6) is 0.602. The van der Waals surface area contributed by atoms with Gasteiger partial charge in [-0.15, -0.1) is 0 Å². The zero-order chi connectivity index (χ0) is 20.1. The minimum absolute atomic E-state index is 0.195. The maximum Gasteiger partial charge on any atom is 0.344 e. The average Bonchev–Trinajstić information content (AvgIpc) is 2.66. The lowest BCUT2D eigenvalue weighted by molar-refractivity contribution is -0.145. The van der Waals surface area contributed by atoms with Gasteiger partial charge < -0.3 is 14.8 Å². The molecule has 146 valence electrons. The zero-order valence-electron chi connectivity index (χ0n) is 16.0. The van der Waals surface area contributed by atoms with Crippen LogP contribution in [0.1, 0.15) is 20.8 Å². The number of nitrogens with one attached hydrogen (secondary N) is 1. The molecule has 6 nitrogen and oxygen atoms in total. The van der Waals surface area contributed by atoms with E-state index >= 15 is 0 Å². The molecular formula is C21H22ClN3O3.